The number of fused-ring (bicyclic) bond motifs is 1. The number of unbranched alkanes of at least 4 members (excludes halogenated alkanes) is 1. The van der Waals surface area contributed by atoms with E-state index in [1.165, 1.54) is 13.2 Å². The molecule has 0 N–H and O–H groups in total. The number of carbonyl (C=O) groups excluding carboxylic acids is 1. The monoisotopic (exact) mass is 438 g/mol. The summed E-state index contributed by atoms with van der Waals surface area (Å²) in [6.07, 6.45) is 2.97. The van der Waals surface area contributed by atoms with Crippen molar-refractivity contribution in [3.05, 3.63) is 40.7 Å². The molecule has 2 atom stereocenters. The van der Waals surface area contributed by atoms with E-state index < -0.39 is 11.3 Å². The average Bonchev–Trinajstić information content (AvgIpc) is 2.73. The molecule has 0 spiro atoms. The second-order valence-electron chi connectivity index (χ2n) is 7.57. The highest BCUT2D eigenvalue weighted by atomic mass is 35.5. The van der Waals surface area contributed by atoms with Crippen molar-refractivity contribution in [1.82, 2.24) is 0 Å². The molecule has 0 saturated heterocycles. The van der Waals surface area contributed by atoms with Crippen LogP contribution >= 0.6 is 11.6 Å². The third-order valence-corrected chi connectivity index (χ3v) is 6.22. The Labute approximate surface area is 183 Å². The lowest BCUT2D eigenvalue weighted by atomic mass is 9.67. The molecule has 0 aromatic heterocycles. The smallest absolute Gasteiger partial charge is 0.312 e. The van der Waals surface area contributed by atoms with Gasteiger partial charge in [-0.3, -0.25) is 4.79 Å². The number of benzene rings is 2. The van der Waals surface area contributed by atoms with Gasteiger partial charge in [0.2, 0.25) is 0 Å². The predicted molar refractivity (Wildman–Crippen MR) is 119 cm³/mol. The minimum atomic E-state index is -0.824. The molecule has 2 rings (SSSR count). The zero-order chi connectivity index (χ0) is 22.3. The number of esters is 1. The molecule has 0 fully saturated rings. The van der Waals surface area contributed by atoms with E-state index in [0.29, 0.717) is 41.2 Å². The Morgan fingerprint density at radius 1 is 1.23 bits per heavy atom. The lowest BCUT2D eigenvalue weighted by Crippen LogP contribution is -2.38. The molecule has 0 aliphatic carbocycles. The molecular formula is C24H32ClFO4. The highest BCUT2D eigenvalue weighted by molar-refractivity contribution is 6.36. The third-order valence-electron chi connectivity index (χ3n) is 5.92. The van der Waals surface area contributed by atoms with Crippen LogP contribution in [0.15, 0.2) is 24.3 Å². The van der Waals surface area contributed by atoms with Crippen molar-refractivity contribution in [2.75, 3.05) is 20.5 Å². The van der Waals surface area contributed by atoms with E-state index in [2.05, 4.69) is 6.92 Å². The van der Waals surface area contributed by atoms with Crippen molar-refractivity contribution in [3.8, 4) is 5.75 Å². The summed E-state index contributed by atoms with van der Waals surface area (Å²) < 4.78 is 31.1. The number of hydrogen-bond donors (Lipinski definition) is 0. The van der Waals surface area contributed by atoms with Crippen molar-refractivity contribution >= 4 is 28.3 Å². The van der Waals surface area contributed by atoms with Crippen LogP contribution in [0.1, 0.15) is 64.9 Å². The second kappa shape index (κ2) is 11.0. The number of carbonyl (C=O) groups is 1. The van der Waals surface area contributed by atoms with Gasteiger partial charge in [-0.25, -0.2) is 4.39 Å². The van der Waals surface area contributed by atoms with Crippen LogP contribution in [0.3, 0.4) is 0 Å². The number of rotatable bonds is 11. The van der Waals surface area contributed by atoms with Gasteiger partial charge in [-0.1, -0.05) is 51.3 Å². The summed E-state index contributed by atoms with van der Waals surface area (Å²) in [6.45, 7) is 8.11. The van der Waals surface area contributed by atoms with E-state index >= 15 is 4.39 Å². The molecule has 0 heterocycles. The number of halogens is 2. The maximum atomic E-state index is 15.2. The Balaban J connectivity index is 2.67. The molecule has 2 aromatic rings. The summed E-state index contributed by atoms with van der Waals surface area (Å²) in [5, 5.41) is 1.73. The van der Waals surface area contributed by atoms with Gasteiger partial charge in [0.1, 0.15) is 11.6 Å². The third kappa shape index (κ3) is 4.89. The summed E-state index contributed by atoms with van der Waals surface area (Å²) in [5.74, 6) is -0.528. The van der Waals surface area contributed by atoms with Gasteiger partial charge in [0, 0.05) is 24.0 Å². The first-order valence-corrected chi connectivity index (χ1v) is 10.9. The Morgan fingerprint density at radius 3 is 2.57 bits per heavy atom. The first kappa shape index (κ1) is 24.4. The second-order valence-corrected chi connectivity index (χ2v) is 7.98. The highest BCUT2D eigenvalue weighted by Crippen LogP contribution is 2.48. The Bertz CT molecular complexity index is 870. The molecule has 2 unspecified atom stereocenters. The molecule has 2 aromatic carbocycles. The Hall–Kier alpha value is -1.85. The maximum Gasteiger partial charge on any atom is 0.312 e. The molecule has 4 nitrogen and oxygen atoms in total. The minimum absolute atomic E-state index is 0.0884. The standard InChI is InChI=1S/C24H32ClFO4/c1-6-9-12-24(7-2,23(27)29-8-3)16(4)21-20(26)11-10-17-13-18(30-15-28-5)14-19(25)22(17)21/h10-11,13-14,16H,6-9,12,15H2,1-5H3. The van der Waals surface area contributed by atoms with Gasteiger partial charge >= 0.3 is 5.97 Å². The first-order chi connectivity index (χ1) is 14.4. The number of ether oxygens (including phenoxy) is 3. The normalized spacial score (nSPS) is 14.4. The largest absolute Gasteiger partial charge is 0.467 e. The summed E-state index contributed by atoms with van der Waals surface area (Å²) in [7, 11) is 1.54. The van der Waals surface area contributed by atoms with E-state index in [1.807, 2.05) is 13.8 Å². The van der Waals surface area contributed by atoms with Crippen LogP contribution in [0.5, 0.6) is 5.75 Å². The topological polar surface area (TPSA) is 44.8 Å². The lowest BCUT2D eigenvalue weighted by Gasteiger charge is -2.37. The van der Waals surface area contributed by atoms with Crippen LogP contribution in [-0.2, 0) is 14.3 Å². The quantitative estimate of drug-likeness (QED) is 0.283. The van der Waals surface area contributed by atoms with Crippen molar-refractivity contribution in [2.45, 2.75) is 59.3 Å². The fraction of sp³-hybridized carbons (Fsp3) is 0.542. The molecule has 0 radical (unpaired) electrons. The van der Waals surface area contributed by atoms with Crippen molar-refractivity contribution in [2.24, 2.45) is 5.41 Å². The van der Waals surface area contributed by atoms with E-state index in [0.717, 1.165) is 18.2 Å². The van der Waals surface area contributed by atoms with Crippen LogP contribution in [0.25, 0.3) is 10.8 Å². The van der Waals surface area contributed by atoms with Crippen molar-refractivity contribution in [3.63, 3.8) is 0 Å². The fourth-order valence-electron chi connectivity index (χ4n) is 4.19. The Kier molecular flexibility index (Phi) is 8.92. The minimum Gasteiger partial charge on any atom is -0.467 e. The van der Waals surface area contributed by atoms with E-state index in [1.54, 1.807) is 25.1 Å². The van der Waals surface area contributed by atoms with Gasteiger partial charge in [0.25, 0.3) is 0 Å². The molecule has 6 heteroatoms. The van der Waals surface area contributed by atoms with Gasteiger partial charge in [0.05, 0.1) is 17.0 Å². The highest BCUT2D eigenvalue weighted by Gasteiger charge is 2.45. The van der Waals surface area contributed by atoms with Crippen LogP contribution < -0.4 is 4.74 Å². The molecule has 0 aliphatic rings. The van der Waals surface area contributed by atoms with Crippen LogP contribution in [0.4, 0.5) is 4.39 Å². The van der Waals surface area contributed by atoms with Crippen molar-refractivity contribution < 1.29 is 23.4 Å². The summed E-state index contributed by atoms with van der Waals surface area (Å²) >= 11 is 6.60. The van der Waals surface area contributed by atoms with Gasteiger partial charge in [-0.05, 0) is 43.4 Å². The molecule has 30 heavy (non-hydrogen) atoms. The van der Waals surface area contributed by atoms with E-state index in [9.17, 15) is 4.79 Å². The van der Waals surface area contributed by atoms with E-state index in [-0.39, 0.29) is 18.6 Å². The van der Waals surface area contributed by atoms with Crippen molar-refractivity contribution in [1.29, 1.82) is 0 Å². The van der Waals surface area contributed by atoms with Gasteiger partial charge in [0.15, 0.2) is 6.79 Å². The average molecular weight is 439 g/mol. The number of methoxy groups -OCH3 is 1. The zero-order valence-electron chi connectivity index (χ0n) is 18.5. The summed E-state index contributed by atoms with van der Waals surface area (Å²) in [5.41, 5.74) is -0.378. The lowest BCUT2D eigenvalue weighted by molar-refractivity contribution is -0.157. The van der Waals surface area contributed by atoms with Gasteiger partial charge in [-0.2, -0.15) is 0 Å². The zero-order valence-corrected chi connectivity index (χ0v) is 19.3. The van der Waals surface area contributed by atoms with Crippen LogP contribution in [-0.4, -0.2) is 26.5 Å². The number of hydrogen-bond acceptors (Lipinski definition) is 4. The molecular weight excluding hydrogens is 407 g/mol. The van der Waals surface area contributed by atoms with Crippen LogP contribution in [0, 0.1) is 11.2 Å². The molecule has 166 valence electrons. The first-order valence-electron chi connectivity index (χ1n) is 10.6. The van der Waals surface area contributed by atoms with Gasteiger partial charge < -0.3 is 14.2 Å². The molecule has 0 aliphatic heterocycles. The van der Waals surface area contributed by atoms with Crippen LogP contribution in [0.2, 0.25) is 5.02 Å². The maximum absolute atomic E-state index is 15.2. The molecule has 0 bridgehead atoms. The summed E-state index contributed by atoms with van der Waals surface area (Å²) in [4.78, 5) is 13.1. The van der Waals surface area contributed by atoms with Gasteiger partial charge in [-0.15, -0.1) is 0 Å². The van der Waals surface area contributed by atoms with E-state index in [4.69, 9.17) is 25.8 Å². The SMILES string of the molecule is CCCCC(CC)(C(=O)OCC)C(C)c1c(F)ccc2cc(OCOC)cc(Cl)c12. The molecule has 0 saturated carbocycles. The predicted octanol–water partition coefficient (Wildman–Crippen LogP) is 6.87. The summed E-state index contributed by atoms with van der Waals surface area (Å²) in [6, 6.07) is 6.56. The fourth-order valence-corrected chi connectivity index (χ4v) is 4.51. The Morgan fingerprint density at radius 2 is 1.97 bits per heavy atom. The molecule has 0 amide bonds.